The van der Waals surface area contributed by atoms with Gasteiger partial charge in [0.2, 0.25) is 5.91 Å². The Labute approximate surface area is 244 Å². The zero-order valence-corrected chi connectivity index (χ0v) is 24.7. The predicted octanol–water partition coefficient (Wildman–Crippen LogP) is 5.57. The van der Waals surface area contributed by atoms with Crippen LogP contribution in [0.3, 0.4) is 0 Å². The van der Waals surface area contributed by atoms with Gasteiger partial charge in [0, 0.05) is 18.9 Å². The Morgan fingerprint density at radius 1 is 1.18 bits per heavy atom. The number of thioether (sulfide) groups is 1. The molecule has 3 rings (SSSR count). The van der Waals surface area contributed by atoms with E-state index in [1.807, 2.05) is 18.2 Å². The molecule has 7 heteroatoms. The van der Waals surface area contributed by atoms with Crippen molar-refractivity contribution in [3.05, 3.63) is 96.6 Å². The van der Waals surface area contributed by atoms with Crippen molar-refractivity contribution < 1.29 is 19.4 Å². The molecule has 0 radical (unpaired) electrons. The summed E-state index contributed by atoms with van der Waals surface area (Å²) in [5, 5.41) is 16.1. The lowest BCUT2D eigenvalue weighted by atomic mass is 9.82. The van der Waals surface area contributed by atoms with E-state index < -0.39 is 16.9 Å². The van der Waals surface area contributed by atoms with Gasteiger partial charge in [0.1, 0.15) is 0 Å². The third kappa shape index (κ3) is 9.60. The Morgan fingerprint density at radius 3 is 2.42 bits per heavy atom. The highest BCUT2D eigenvalue weighted by Gasteiger charge is 2.38. The Hall–Kier alpha value is -2.42. The first-order valence-corrected chi connectivity index (χ1v) is 15.4. The van der Waals surface area contributed by atoms with Crippen molar-refractivity contribution in [2.45, 2.75) is 68.6 Å². The number of hydrogen-bond donors (Lipinski definition) is 3. The molecule has 6 nitrogen and oxygen atoms in total. The first-order chi connectivity index (χ1) is 19.5. The van der Waals surface area contributed by atoms with Crippen molar-refractivity contribution in [1.82, 2.24) is 10.6 Å². The number of benzene rings is 2. The van der Waals surface area contributed by atoms with E-state index in [-0.39, 0.29) is 18.7 Å². The molecule has 1 amide bonds. The molecule has 1 saturated heterocycles. The highest BCUT2D eigenvalue weighted by Crippen LogP contribution is 2.49. The molecule has 0 saturated carbocycles. The van der Waals surface area contributed by atoms with Crippen LogP contribution in [0.4, 0.5) is 0 Å². The first-order valence-electron chi connectivity index (χ1n) is 14.4. The number of aliphatic hydroxyl groups is 1. The van der Waals surface area contributed by atoms with Gasteiger partial charge in [-0.2, -0.15) is 0 Å². The van der Waals surface area contributed by atoms with Gasteiger partial charge in [-0.3, -0.25) is 4.79 Å². The van der Waals surface area contributed by atoms with E-state index >= 15 is 0 Å². The van der Waals surface area contributed by atoms with Crippen LogP contribution >= 0.6 is 11.8 Å². The number of carbonyl (C=O) groups is 1. The molecule has 1 aliphatic heterocycles. The van der Waals surface area contributed by atoms with Gasteiger partial charge in [-0.1, -0.05) is 78.9 Å². The molecule has 3 N–H and O–H groups in total. The van der Waals surface area contributed by atoms with Gasteiger partial charge >= 0.3 is 0 Å². The summed E-state index contributed by atoms with van der Waals surface area (Å²) in [6.45, 7) is 12.3. The molecule has 2 unspecified atom stereocenters. The van der Waals surface area contributed by atoms with Crippen molar-refractivity contribution in [3.63, 3.8) is 0 Å². The van der Waals surface area contributed by atoms with Crippen LogP contribution in [-0.4, -0.2) is 61.5 Å². The van der Waals surface area contributed by atoms with Crippen LogP contribution < -0.4 is 10.6 Å². The molecule has 40 heavy (non-hydrogen) atoms. The molecular formula is C33H46N2O4S. The molecule has 2 aromatic rings. The molecule has 3 atom stereocenters. The summed E-state index contributed by atoms with van der Waals surface area (Å²) in [4.78, 5) is 13.3. The van der Waals surface area contributed by atoms with Crippen LogP contribution in [0.25, 0.3) is 0 Å². The summed E-state index contributed by atoms with van der Waals surface area (Å²) in [6.07, 6.45) is 6.72. The fraction of sp³-hybridized carbons (Fsp3) is 0.485. The first kappa shape index (κ1) is 32.1. The summed E-state index contributed by atoms with van der Waals surface area (Å²) in [5.74, 6) is 0.381. The van der Waals surface area contributed by atoms with Crippen LogP contribution in [0.15, 0.2) is 85.5 Å². The lowest BCUT2D eigenvalue weighted by Gasteiger charge is -2.38. The minimum atomic E-state index is -0.618. The second-order valence-corrected chi connectivity index (χ2v) is 11.5. The molecule has 0 spiro atoms. The largest absolute Gasteiger partial charge is 0.392 e. The normalized spacial score (nSPS) is 17.1. The van der Waals surface area contributed by atoms with E-state index in [1.54, 1.807) is 18.7 Å². The van der Waals surface area contributed by atoms with Crippen molar-refractivity contribution in [3.8, 4) is 0 Å². The monoisotopic (exact) mass is 566 g/mol. The smallest absolute Gasteiger partial charge is 0.238 e. The van der Waals surface area contributed by atoms with E-state index in [2.05, 4.69) is 72.3 Å². The number of rotatable bonds is 18. The fourth-order valence-corrected chi connectivity index (χ4v) is 6.45. The summed E-state index contributed by atoms with van der Waals surface area (Å²) in [7, 11) is 0. The van der Waals surface area contributed by atoms with Crippen molar-refractivity contribution in [1.29, 1.82) is 0 Å². The van der Waals surface area contributed by atoms with Crippen LogP contribution in [0.1, 0.15) is 56.6 Å². The number of hydrogen-bond acceptors (Lipinski definition) is 6. The maximum Gasteiger partial charge on any atom is 0.238 e. The van der Waals surface area contributed by atoms with Gasteiger partial charge in [-0.15, -0.1) is 18.3 Å². The minimum absolute atomic E-state index is 0.117. The van der Waals surface area contributed by atoms with Crippen molar-refractivity contribution >= 4 is 17.7 Å². The van der Waals surface area contributed by atoms with Crippen LogP contribution in [0.5, 0.6) is 0 Å². The molecule has 218 valence electrons. The van der Waals surface area contributed by atoms with E-state index in [0.29, 0.717) is 18.9 Å². The maximum absolute atomic E-state index is 13.3. The standard InChI is InChI=1S/C33H46N2O4S/c1-4-5-15-26(2)33(28-16-8-6-9-17-28,29-18-10-7-11-19-29)40-25-30(32(37)35-24-27(3)36)34-21-14-23-39-31-20-12-13-22-38-31/h4,6-11,16-19,27,30-31,34,36H,1-2,5,12-15,20-25H2,3H3,(H,35,37)/t27-,30?,31?/m0/s1. The van der Waals surface area contributed by atoms with Crippen LogP contribution in [-0.2, 0) is 19.0 Å². The van der Waals surface area contributed by atoms with E-state index in [4.69, 9.17) is 9.47 Å². The minimum Gasteiger partial charge on any atom is -0.392 e. The van der Waals surface area contributed by atoms with Crippen molar-refractivity contribution in [2.75, 3.05) is 32.1 Å². The van der Waals surface area contributed by atoms with Gasteiger partial charge in [0.15, 0.2) is 6.29 Å². The molecule has 2 aromatic carbocycles. The van der Waals surface area contributed by atoms with Gasteiger partial charge in [0.05, 0.1) is 23.5 Å². The molecule has 1 heterocycles. The topological polar surface area (TPSA) is 79.8 Å². The summed E-state index contributed by atoms with van der Waals surface area (Å²) in [6, 6.07) is 20.3. The molecule has 1 aliphatic rings. The number of amides is 1. The second kappa shape index (κ2) is 17.4. The fourth-order valence-electron chi connectivity index (χ4n) is 4.85. The molecule has 1 fully saturated rings. The third-order valence-corrected chi connectivity index (χ3v) is 8.71. The average Bonchev–Trinajstić information content (AvgIpc) is 2.99. The number of allylic oxidation sites excluding steroid dienone is 1. The predicted molar refractivity (Wildman–Crippen MR) is 165 cm³/mol. The highest BCUT2D eigenvalue weighted by atomic mass is 32.2. The Bertz CT molecular complexity index is 986. The van der Waals surface area contributed by atoms with Crippen LogP contribution in [0.2, 0.25) is 0 Å². The van der Waals surface area contributed by atoms with Gasteiger partial charge in [-0.25, -0.2) is 0 Å². The van der Waals surface area contributed by atoms with Gasteiger partial charge < -0.3 is 25.2 Å². The lowest BCUT2D eigenvalue weighted by molar-refractivity contribution is -0.162. The molecule has 0 aromatic heterocycles. The van der Waals surface area contributed by atoms with E-state index in [0.717, 1.165) is 61.8 Å². The average molecular weight is 567 g/mol. The van der Waals surface area contributed by atoms with Gasteiger partial charge in [0.25, 0.3) is 0 Å². The Kier molecular flexibility index (Phi) is 14.0. The third-order valence-electron chi connectivity index (χ3n) is 7.02. The maximum atomic E-state index is 13.3. The quantitative estimate of drug-likeness (QED) is 0.162. The second-order valence-electron chi connectivity index (χ2n) is 10.3. The highest BCUT2D eigenvalue weighted by molar-refractivity contribution is 8.00. The zero-order chi connectivity index (χ0) is 28.6. The van der Waals surface area contributed by atoms with Crippen molar-refractivity contribution in [2.24, 2.45) is 0 Å². The number of aliphatic hydroxyl groups excluding tert-OH is 1. The van der Waals surface area contributed by atoms with Gasteiger partial charge in [-0.05, 0) is 63.1 Å². The summed E-state index contributed by atoms with van der Waals surface area (Å²) in [5.41, 5.74) is 3.33. The molecule has 0 bridgehead atoms. The lowest BCUT2D eigenvalue weighted by Crippen LogP contribution is -2.48. The van der Waals surface area contributed by atoms with Crippen LogP contribution in [0, 0.1) is 0 Å². The summed E-state index contributed by atoms with van der Waals surface area (Å²) < 4.78 is 11.0. The summed E-state index contributed by atoms with van der Waals surface area (Å²) >= 11 is 1.72. The molecule has 0 aliphatic carbocycles. The number of carbonyl (C=O) groups excluding carboxylic acids is 1. The zero-order valence-electron chi connectivity index (χ0n) is 23.9. The number of ether oxygens (including phenoxy) is 2. The Morgan fingerprint density at radius 2 is 1.85 bits per heavy atom. The number of nitrogens with one attached hydrogen (secondary N) is 2. The molecular weight excluding hydrogens is 520 g/mol. The van der Waals surface area contributed by atoms with E-state index in [9.17, 15) is 9.90 Å². The SMILES string of the molecule is C=CCCC(=C)C(SCC(NCCCOC1CCCCO1)C(=O)NC[C@H](C)O)(c1ccccc1)c1ccccc1. The van der Waals surface area contributed by atoms with E-state index in [1.165, 1.54) is 0 Å². The Balaban J connectivity index is 1.79.